The molecule has 0 unspecified atom stereocenters. The van der Waals surface area contributed by atoms with Crippen molar-refractivity contribution < 1.29 is 18.9 Å². The summed E-state index contributed by atoms with van der Waals surface area (Å²) < 4.78 is 15.7. The van der Waals surface area contributed by atoms with Crippen LogP contribution in [0.1, 0.15) is 17.3 Å². The van der Waals surface area contributed by atoms with Crippen LogP contribution in [0.5, 0.6) is 0 Å². The number of ketones is 1. The zero-order valence-electron chi connectivity index (χ0n) is 15.0. The second-order valence-corrected chi connectivity index (χ2v) is 7.20. The van der Waals surface area contributed by atoms with Gasteiger partial charge in [-0.25, -0.2) is 4.39 Å². The number of nitro groups is 1. The summed E-state index contributed by atoms with van der Waals surface area (Å²) in [6.45, 7) is 2.91. The van der Waals surface area contributed by atoms with Crippen molar-refractivity contribution >= 4 is 39.1 Å². The molecule has 2 aromatic rings. The summed E-state index contributed by atoms with van der Waals surface area (Å²) in [7, 11) is 0. The molecule has 148 valence electrons. The van der Waals surface area contributed by atoms with Crippen molar-refractivity contribution in [2.24, 2.45) is 0 Å². The highest BCUT2D eigenvalue weighted by molar-refractivity contribution is 9.10. The van der Waals surface area contributed by atoms with Gasteiger partial charge in [0, 0.05) is 31.7 Å². The maximum absolute atomic E-state index is 14.3. The van der Waals surface area contributed by atoms with Crippen molar-refractivity contribution in [2.75, 3.05) is 31.1 Å². The molecule has 1 aromatic carbocycles. The summed E-state index contributed by atoms with van der Waals surface area (Å²) in [4.78, 5) is 37.4. The van der Waals surface area contributed by atoms with Crippen LogP contribution in [-0.4, -0.2) is 57.5 Å². The molecule has 1 aliphatic heterocycles. The van der Waals surface area contributed by atoms with Gasteiger partial charge in [0.1, 0.15) is 16.8 Å². The molecule has 11 heteroatoms. The Bertz CT molecular complexity index is 940. The molecule has 0 aliphatic carbocycles. The Kier molecular flexibility index (Phi) is 5.73. The summed E-state index contributed by atoms with van der Waals surface area (Å²) in [6, 6.07) is 4.38. The van der Waals surface area contributed by atoms with Crippen LogP contribution >= 0.6 is 15.9 Å². The van der Waals surface area contributed by atoms with Gasteiger partial charge in [-0.15, -0.1) is 0 Å². The lowest BCUT2D eigenvalue weighted by Gasteiger charge is -2.36. The Morgan fingerprint density at radius 3 is 2.50 bits per heavy atom. The van der Waals surface area contributed by atoms with Gasteiger partial charge in [0.25, 0.3) is 0 Å². The topological polar surface area (TPSA) is 102 Å². The van der Waals surface area contributed by atoms with Gasteiger partial charge >= 0.3 is 5.82 Å². The van der Waals surface area contributed by atoms with E-state index in [4.69, 9.17) is 0 Å². The van der Waals surface area contributed by atoms with E-state index in [1.165, 1.54) is 23.9 Å². The van der Waals surface area contributed by atoms with Crippen molar-refractivity contribution in [3.63, 3.8) is 0 Å². The molecule has 2 heterocycles. The monoisotopic (exact) mass is 453 g/mol. The van der Waals surface area contributed by atoms with Crippen LogP contribution in [0.4, 0.5) is 15.9 Å². The summed E-state index contributed by atoms with van der Waals surface area (Å²) in [5.74, 6) is -1.24. The number of halogens is 2. The first-order valence-corrected chi connectivity index (χ1v) is 9.26. The van der Waals surface area contributed by atoms with Crippen LogP contribution in [-0.2, 0) is 11.3 Å². The lowest BCUT2D eigenvalue weighted by Crippen LogP contribution is -2.49. The molecule has 0 radical (unpaired) electrons. The standard InChI is InChI=1S/C17H17BrFN5O4/c1-11(25)12-2-3-15(14(19)8-12)21-4-6-22(7-5-21)16(26)10-23-9-13(18)17(20-23)24(27)28/h2-3,8-9H,4-7,10H2,1H3. The molecular weight excluding hydrogens is 437 g/mol. The number of carbonyl (C=O) groups excluding carboxylic acids is 2. The largest absolute Gasteiger partial charge is 0.404 e. The van der Waals surface area contributed by atoms with Gasteiger partial charge < -0.3 is 19.9 Å². The number of rotatable bonds is 5. The predicted molar refractivity (Wildman–Crippen MR) is 102 cm³/mol. The SMILES string of the molecule is CC(=O)c1ccc(N2CCN(C(=O)Cn3cc(Br)c([N+](=O)[O-])n3)CC2)c(F)c1. The van der Waals surface area contributed by atoms with Crippen LogP contribution in [0.25, 0.3) is 0 Å². The zero-order valence-corrected chi connectivity index (χ0v) is 16.6. The fraction of sp³-hybridized carbons (Fsp3) is 0.353. The Hall–Kier alpha value is -2.82. The minimum Gasteiger partial charge on any atom is -0.366 e. The molecule has 0 N–H and O–H groups in total. The molecule has 1 aliphatic rings. The van der Waals surface area contributed by atoms with E-state index in [9.17, 15) is 24.1 Å². The second-order valence-electron chi connectivity index (χ2n) is 6.35. The van der Waals surface area contributed by atoms with Gasteiger partial charge in [-0.3, -0.25) is 9.59 Å². The Labute approximate surface area is 168 Å². The summed E-state index contributed by atoms with van der Waals surface area (Å²) in [6.07, 6.45) is 1.39. The van der Waals surface area contributed by atoms with Gasteiger partial charge in [-0.2, -0.15) is 4.68 Å². The Morgan fingerprint density at radius 2 is 1.96 bits per heavy atom. The molecule has 1 aromatic heterocycles. The number of piperazine rings is 1. The van der Waals surface area contributed by atoms with E-state index < -0.39 is 10.7 Å². The summed E-state index contributed by atoms with van der Waals surface area (Å²) >= 11 is 3.04. The highest BCUT2D eigenvalue weighted by Gasteiger charge is 2.25. The number of hydrogen-bond acceptors (Lipinski definition) is 6. The normalized spacial score (nSPS) is 14.2. The van der Waals surface area contributed by atoms with Crippen LogP contribution in [0.2, 0.25) is 0 Å². The molecule has 1 amide bonds. The minimum atomic E-state index is -0.629. The number of nitrogens with zero attached hydrogens (tertiary/aromatic N) is 5. The van der Waals surface area contributed by atoms with E-state index in [1.807, 2.05) is 4.90 Å². The molecule has 0 bridgehead atoms. The minimum absolute atomic E-state index is 0.117. The van der Waals surface area contributed by atoms with Crippen molar-refractivity contribution in [1.29, 1.82) is 0 Å². The lowest BCUT2D eigenvalue weighted by atomic mass is 10.1. The molecule has 3 rings (SSSR count). The Morgan fingerprint density at radius 1 is 1.29 bits per heavy atom. The highest BCUT2D eigenvalue weighted by Crippen LogP contribution is 2.23. The first kappa shape index (κ1) is 19.9. The molecule has 28 heavy (non-hydrogen) atoms. The predicted octanol–water partition coefficient (Wildman–Crippen LogP) is 2.24. The zero-order chi connectivity index (χ0) is 20.4. The van der Waals surface area contributed by atoms with Crippen LogP contribution in [0.3, 0.4) is 0 Å². The number of amides is 1. The average molecular weight is 454 g/mol. The van der Waals surface area contributed by atoms with Crippen molar-refractivity contribution in [1.82, 2.24) is 14.7 Å². The fourth-order valence-corrected chi connectivity index (χ4v) is 3.47. The maximum Gasteiger partial charge on any atom is 0.404 e. The average Bonchev–Trinajstić information content (AvgIpc) is 3.02. The molecule has 1 fully saturated rings. The number of benzene rings is 1. The fourth-order valence-electron chi connectivity index (χ4n) is 3.01. The molecule has 0 spiro atoms. The van der Waals surface area contributed by atoms with E-state index in [2.05, 4.69) is 21.0 Å². The third-order valence-corrected chi connectivity index (χ3v) is 5.06. The van der Waals surface area contributed by atoms with Crippen molar-refractivity contribution in [3.8, 4) is 0 Å². The first-order chi connectivity index (χ1) is 13.3. The Balaban J connectivity index is 1.60. The van der Waals surface area contributed by atoms with Crippen molar-refractivity contribution in [2.45, 2.75) is 13.5 Å². The van der Waals surface area contributed by atoms with Gasteiger partial charge in [-0.05, 0) is 46.0 Å². The highest BCUT2D eigenvalue weighted by atomic mass is 79.9. The second kappa shape index (κ2) is 8.05. The molecule has 1 saturated heterocycles. The smallest absolute Gasteiger partial charge is 0.366 e. The van der Waals surface area contributed by atoms with Gasteiger partial charge in [0.05, 0.1) is 17.0 Å². The molecular formula is C17H17BrFN5O4. The van der Waals surface area contributed by atoms with E-state index in [-0.39, 0.29) is 28.5 Å². The van der Waals surface area contributed by atoms with E-state index in [1.54, 1.807) is 17.0 Å². The molecule has 9 nitrogen and oxygen atoms in total. The maximum atomic E-state index is 14.3. The molecule has 0 atom stereocenters. The third kappa shape index (κ3) is 4.19. The molecule has 0 saturated carbocycles. The summed E-state index contributed by atoms with van der Waals surface area (Å²) in [5.41, 5.74) is 0.707. The van der Waals surface area contributed by atoms with Gasteiger partial charge in [-0.1, -0.05) is 0 Å². The number of hydrogen-bond donors (Lipinski definition) is 0. The first-order valence-electron chi connectivity index (χ1n) is 8.47. The van der Waals surface area contributed by atoms with Gasteiger partial charge in [0.2, 0.25) is 5.91 Å². The van der Waals surface area contributed by atoms with Crippen LogP contribution in [0, 0.1) is 15.9 Å². The van der Waals surface area contributed by atoms with E-state index in [0.717, 1.165) is 0 Å². The van der Waals surface area contributed by atoms with E-state index in [0.29, 0.717) is 37.4 Å². The van der Waals surface area contributed by atoms with Crippen LogP contribution in [0.15, 0.2) is 28.9 Å². The van der Waals surface area contributed by atoms with E-state index >= 15 is 0 Å². The summed E-state index contributed by atoms with van der Waals surface area (Å²) in [5, 5.41) is 14.6. The quantitative estimate of drug-likeness (QED) is 0.390. The van der Waals surface area contributed by atoms with Crippen molar-refractivity contribution in [3.05, 3.63) is 50.4 Å². The lowest BCUT2D eigenvalue weighted by molar-refractivity contribution is -0.390. The van der Waals surface area contributed by atoms with Gasteiger partial charge in [0.15, 0.2) is 5.78 Å². The third-order valence-electron chi connectivity index (χ3n) is 4.50. The van der Waals surface area contributed by atoms with Crippen LogP contribution < -0.4 is 4.90 Å². The number of anilines is 1. The number of carbonyl (C=O) groups is 2. The number of aromatic nitrogens is 2. The number of Topliss-reactive ketones (excluding diaryl/α,β-unsaturated/α-hetero) is 1.